The number of benzene rings is 2. The fourth-order valence-electron chi connectivity index (χ4n) is 2.17. The number of aryl methyl sites for hydroxylation is 1. The van der Waals surface area contributed by atoms with Crippen LogP contribution in [0, 0.1) is 12.7 Å². The molecule has 0 amide bonds. The summed E-state index contributed by atoms with van der Waals surface area (Å²) in [6.07, 6.45) is 0. The van der Waals surface area contributed by atoms with Gasteiger partial charge < -0.3 is 10.1 Å². The number of hydrogen-bond donors (Lipinski definition) is 1. The van der Waals surface area contributed by atoms with E-state index in [1.807, 2.05) is 6.07 Å². The van der Waals surface area contributed by atoms with Crippen molar-refractivity contribution in [3.05, 3.63) is 65.0 Å². The van der Waals surface area contributed by atoms with Crippen molar-refractivity contribution in [1.29, 1.82) is 0 Å². The lowest BCUT2D eigenvalue weighted by atomic mass is 10.1. The van der Waals surface area contributed by atoms with E-state index in [4.69, 9.17) is 4.74 Å². The van der Waals surface area contributed by atoms with E-state index in [1.165, 1.54) is 18.2 Å². The molecule has 0 fully saturated rings. The third kappa shape index (κ3) is 3.36. The maximum Gasteiger partial charge on any atom is 0.169 e. The van der Waals surface area contributed by atoms with E-state index in [0.717, 1.165) is 0 Å². The molecule has 20 heavy (non-hydrogen) atoms. The molecule has 0 saturated heterocycles. The van der Waals surface area contributed by atoms with E-state index in [2.05, 4.69) is 37.4 Å². The van der Waals surface area contributed by atoms with Gasteiger partial charge in [-0.25, -0.2) is 4.39 Å². The van der Waals surface area contributed by atoms with Crippen LogP contribution in [-0.2, 0) is 6.54 Å². The standard InChI is InChI=1S/C17H20FNO/c1-12-6-4-7-14(10-12)13(2)19-11-15-8-5-9-16(20-3)17(15)18/h4-10,13,19H,11H2,1-3H3/t13-/m1/s1. The zero-order valence-electron chi connectivity index (χ0n) is 12.1. The van der Waals surface area contributed by atoms with Crippen molar-refractivity contribution in [2.24, 2.45) is 0 Å². The van der Waals surface area contributed by atoms with Gasteiger partial charge in [0.05, 0.1) is 7.11 Å². The number of nitrogens with one attached hydrogen (secondary N) is 1. The van der Waals surface area contributed by atoms with Gasteiger partial charge in [0.1, 0.15) is 0 Å². The maximum atomic E-state index is 14.0. The van der Waals surface area contributed by atoms with Gasteiger partial charge in [-0.15, -0.1) is 0 Å². The van der Waals surface area contributed by atoms with Crippen LogP contribution in [0.3, 0.4) is 0 Å². The fraction of sp³-hybridized carbons (Fsp3) is 0.294. The molecule has 0 unspecified atom stereocenters. The largest absolute Gasteiger partial charge is 0.494 e. The summed E-state index contributed by atoms with van der Waals surface area (Å²) in [5.74, 6) is -0.00792. The first-order chi connectivity index (χ1) is 9.61. The molecule has 2 nitrogen and oxygen atoms in total. The molecule has 2 rings (SSSR count). The fourth-order valence-corrected chi connectivity index (χ4v) is 2.17. The van der Waals surface area contributed by atoms with E-state index >= 15 is 0 Å². The van der Waals surface area contributed by atoms with Crippen LogP contribution in [0.2, 0.25) is 0 Å². The van der Waals surface area contributed by atoms with Gasteiger partial charge in [0, 0.05) is 18.2 Å². The summed E-state index contributed by atoms with van der Waals surface area (Å²) in [5.41, 5.74) is 3.04. The Morgan fingerprint density at radius 2 is 1.95 bits per heavy atom. The number of halogens is 1. The van der Waals surface area contributed by atoms with Crippen molar-refractivity contribution >= 4 is 0 Å². The topological polar surface area (TPSA) is 21.3 Å². The third-order valence-electron chi connectivity index (χ3n) is 3.40. The lowest BCUT2D eigenvalue weighted by Crippen LogP contribution is -2.19. The molecule has 0 aliphatic carbocycles. The molecule has 0 spiro atoms. The summed E-state index contributed by atoms with van der Waals surface area (Å²) in [5, 5.41) is 3.34. The third-order valence-corrected chi connectivity index (χ3v) is 3.40. The minimum Gasteiger partial charge on any atom is -0.494 e. The van der Waals surface area contributed by atoms with Crippen molar-refractivity contribution in [1.82, 2.24) is 5.32 Å². The highest BCUT2D eigenvalue weighted by molar-refractivity contribution is 5.31. The lowest BCUT2D eigenvalue weighted by molar-refractivity contribution is 0.382. The molecular formula is C17H20FNO. The van der Waals surface area contributed by atoms with Gasteiger partial charge in [0.15, 0.2) is 11.6 Å². The van der Waals surface area contributed by atoms with Gasteiger partial charge >= 0.3 is 0 Å². The van der Waals surface area contributed by atoms with E-state index in [0.29, 0.717) is 12.1 Å². The SMILES string of the molecule is COc1cccc(CN[C@H](C)c2cccc(C)c2)c1F. The second-order valence-electron chi connectivity index (χ2n) is 4.95. The molecule has 0 aliphatic rings. The smallest absolute Gasteiger partial charge is 0.169 e. The highest BCUT2D eigenvalue weighted by atomic mass is 19.1. The summed E-state index contributed by atoms with van der Waals surface area (Å²) < 4.78 is 19.0. The van der Waals surface area contributed by atoms with Crippen LogP contribution >= 0.6 is 0 Å². The average molecular weight is 273 g/mol. The molecule has 2 aromatic carbocycles. The molecule has 0 aliphatic heterocycles. The van der Waals surface area contributed by atoms with E-state index in [1.54, 1.807) is 18.2 Å². The van der Waals surface area contributed by atoms with Gasteiger partial charge in [-0.1, -0.05) is 42.0 Å². The molecule has 0 saturated carbocycles. The molecule has 0 aromatic heterocycles. The molecule has 1 atom stereocenters. The Hall–Kier alpha value is -1.87. The second-order valence-corrected chi connectivity index (χ2v) is 4.95. The highest BCUT2D eigenvalue weighted by Crippen LogP contribution is 2.21. The van der Waals surface area contributed by atoms with Gasteiger partial charge in [-0.05, 0) is 25.5 Å². The summed E-state index contributed by atoms with van der Waals surface area (Å²) >= 11 is 0. The molecule has 0 radical (unpaired) electrons. The average Bonchev–Trinajstić information content (AvgIpc) is 2.46. The van der Waals surface area contributed by atoms with Crippen LogP contribution in [0.4, 0.5) is 4.39 Å². The van der Waals surface area contributed by atoms with Crippen LogP contribution in [0.25, 0.3) is 0 Å². The first-order valence-corrected chi connectivity index (χ1v) is 6.73. The van der Waals surface area contributed by atoms with Gasteiger partial charge in [0.25, 0.3) is 0 Å². The minimum absolute atomic E-state index is 0.167. The van der Waals surface area contributed by atoms with Gasteiger partial charge in [0.2, 0.25) is 0 Å². The first kappa shape index (κ1) is 14.5. The molecule has 1 N–H and O–H groups in total. The lowest BCUT2D eigenvalue weighted by Gasteiger charge is -2.15. The normalized spacial score (nSPS) is 12.2. The van der Waals surface area contributed by atoms with Crippen molar-refractivity contribution in [3.8, 4) is 5.75 Å². The Kier molecular flexibility index (Phi) is 4.74. The molecule has 0 bridgehead atoms. The van der Waals surface area contributed by atoms with E-state index in [-0.39, 0.29) is 17.6 Å². The quantitative estimate of drug-likeness (QED) is 0.889. The van der Waals surface area contributed by atoms with Crippen LogP contribution in [-0.4, -0.2) is 7.11 Å². The van der Waals surface area contributed by atoms with Crippen molar-refractivity contribution < 1.29 is 9.13 Å². The van der Waals surface area contributed by atoms with E-state index in [9.17, 15) is 4.39 Å². The van der Waals surface area contributed by atoms with Crippen molar-refractivity contribution in [2.75, 3.05) is 7.11 Å². The second kappa shape index (κ2) is 6.53. The Morgan fingerprint density at radius 1 is 1.20 bits per heavy atom. The molecule has 3 heteroatoms. The zero-order chi connectivity index (χ0) is 14.5. The monoisotopic (exact) mass is 273 g/mol. The Morgan fingerprint density at radius 3 is 2.65 bits per heavy atom. The highest BCUT2D eigenvalue weighted by Gasteiger charge is 2.10. The molecular weight excluding hydrogens is 253 g/mol. The number of methoxy groups -OCH3 is 1. The predicted octanol–water partition coefficient (Wildman–Crippen LogP) is 3.99. The number of hydrogen-bond acceptors (Lipinski definition) is 2. The maximum absolute atomic E-state index is 14.0. The van der Waals surface area contributed by atoms with Crippen molar-refractivity contribution in [2.45, 2.75) is 26.4 Å². The van der Waals surface area contributed by atoms with Gasteiger partial charge in [-0.2, -0.15) is 0 Å². The number of ether oxygens (including phenoxy) is 1. The summed E-state index contributed by atoms with van der Waals surface area (Å²) in [6.45, 7) is 4.61. The minimum atomic E-state index is -0.293. The number of rotatable bonds is 5. The Labute approximate surface area is 119 Å². The Balaban J connectivity index is 2.05. The molecule has 106 valence electrons. The molecule has 0 heterocycles. The van der Waals surface area contributed by atoms with E-state index < -0.39 is 0 Å². The zero-order valence-corrected chi connectivity index (χ0v) is 12.1. The summed E-state index contributed by atoms with van der Waals surface area (Å²) in [7, 11) is 1.48. The Bertz CT molecular complexity index is 583. The van der Waals surface area contributed by atoms with Crippen LogP contribution in [0.5, 0.6) is 5.75 Å². The van der Waals surface area contributed by atoms with Gasteiger partial charge in [-0.3, -0.25) is 0 Å². The van der Waals surface area contributed by atoms with Crippen LogP contribution < -0.4 is 10.1 Å². The van der Waals surface area contributed by atoms with Crippen LogP contribution in [0.1, 0.15) is 29.7 Å². The van der Waals surface area contributed by atoms with Crippen LogP contribution in [0.15, 0.2) is 42.5 Å². The van der Waals surface area contributed by atoms with Crippen molar-refractivity contribution in [3.63, 3.8) is 0 Å². The summed E-state index contributed by atoms with van der Waals surface area (Å²) in [6, 6.07) is 13.7. The first-order valence-electron chi connectivity index (χ1n) is 6.73. The molecule has 2 aromatic rings. The summed E-state index contributed by atoms with van der Waals surface area (Å²) in [4.78, 5) is 0. The predicted molar refractivity (Wildman–Crippen MR) is 79.4 cm³/mol.